The van der Waals surface area contributed by atoms with Gasteiger partial charge in [-0.1, -0.05) is 41.9 Å². The highest BCUT2D eigenvalue weighted by atomic mass is 79.9. The molecule has 0 N–H and O–H groups in total. The lowest BCUT2D eigenvalue weighted by molar-refractivity contribution is -0.167. The molecule has 0 fully saturated rings. The van der Waals surface area contributed by atoms with Crippen LogP contribution in [-0.4, -0.2) is 20.5 Å². The molecule has 0 bridgehead atoms. The fourth-order valence-electron chi connectivity index (χ4n) is 1.95. The molecule has 0 aliphatic heterocycles. The molecule has 16 heavy (non-hydrogen) atoms. The summed E-state index contributed by atoms with van der Waals surface area (Å²) in [5, 5.41) is 0. The van der Waals surface area contributed by atoms with Gasteiger partial charge in [0.05, 0.1) is 0 Å². The number of hydrogen-bond donors (Lipinski definition) is 0. The zero-order valence-electron chi connectivity index (χ0n) is 10.3. The maximum Gasteiger partial charge on any atom is 0.162 e. The van der Waals surface area contributed by atoms with E-state index in [9.17, 15) is 0 Å². The van der Waals surface area contributed by atoms with Crippen molar-refractivity contribution in [3.63, 3.8) is 0 Å². The summed E-state index contributed by atoms with van der Waals surface area (Å²) in [4.78, 5) is 0. The Morgan fingerprint density at radius 2 is 1.62 bits per heavy atom. The van der Waals surface area contributed by atoms with E-state index in [-0.39, 0.29) is 11.7 Å². The van der Waals surface area contributed by atoms with Gasteiger partial charge in [-0.05, 0) is 24.1 Å². The van der Waals surface area contributed by atoms with Crippen LogP contribution in [0.3, 0.4) is 0 Å². The predicted octanol–water partition coefficient (Wildman–Crippen LogP) is 3.64. The Morgan fingerprint density at radius 1 is 1.12 bits per heavy atom. The second-order valence-corrected chi connectivity index (χ2v) is 5.51. The largest absolute Gasteiger partial charge is 0.355 e. The molecule has 1 rings (SSSR count). The first-order valence-electron chi connectivity index (χ1n) is 5.29. The standard InChI is InChI=1S/C13H19BrO2/c1-13(2,12(15-3)16-4)9-10-5-7-11(14)8-6-10/h5-8,12H,9H2,1-4H3. The summed E-state index contributed by atoms with van der Waals surface area (Å²) in [6.07, 6.45) is 0.739. The van der Waals surface area contributed by atoms with Gasteiger partial charge in [0.1, 0.15) is 0 Å². The van der Waals surface area contributed by atoms with Gasteiger partial charge in [0.15, 0.2) is 6.29 Å². The maximum absolute atomic E-state index is 5.33. The molecule has 0 radical (unpaired) electrons. The Morgan fingerprint density at radius 3 is 2.06 bits per heavy atom. The Hall–Kier alpha value is -0.380. The van der Waals surface area contributed by atoms with Crippen LogP contribution in [0.25, 0.3) is 0 Å². The van der Waals surface area contributed by atoms with Crippen molar-refractivity contribution in [1.82, 2.24) is 0 Å². The van der Waals surface area contributed by atoms with Crippen molar-refractivity contribution in [3.05, 3.63) is 34.3 Å². The fourth-order valence-corrected chi connectivity index (χ4v) is 2.21. The van der Waals surface area contributed by atoms with Gasteiger partial charge in [-0.3, -0.25) is 0 Å². The average molecular weight is 287 g/mol. The van der Waals surface area contributed by atoms with Crippen molar-refractivity contribution in [2.24, 2.45) is 5.41 Å². The second-order valence-electron chi connectivity index (χ2n) is 4.60. The van der Waals surface area contributed by atoms with Crippen molar-refractivity contribution in [1.29, 1.82) is 0 Å². The van der Waals surface area contributed by atoms with E-state index in [2.05, 4.69) is 54.0 Å². The molecule has 2 nitrogen and oxygen atoms in total. The zero-order valence-corrected chi connectivity index (χ0v) is 11.9. The van der Waals surface area contributed by atoms with Gasteiger partial charge < -0.3 is 9.47 Å². The molecule has 0 aliphatic carbocycles. The summed E-state index contributed by atoms with van der Waals surface area (Å²) in [6, 6.07) is 8.35. The summed E-state index contributed by atoms with van der Waals surface area (Å²) in [6.45, 7) is 4.29. The summed E-state index contributed by atoms with van der Waals surface area (Å²) in [5.74, 6) is 0. The summed E-state index contributed by atoms with van der Waals surface area (Å²) in [5.41, 5.74) is 1.24. The van der Waals surface area contributed by atoms with E-state index in [0.29, 0.717) is 0 Å². The van der Waals surface area contributed by atoms with E-state index < -0.39 is 0 Å². The molecule has 0 saturated heterocycles. The van der Waals surface area contributed by atoms with Crippen molar-refractivity contribution in [2.45, 2.75) is 26.6 Å². The maximum atomic E-state index is 5.33. The highest BCUT2D eigenvalue weighted by Crippen LogP contribution is 2.28. The highest BCUT2D eigenvalue weighted by molar-refractivity contribution is 9.10. The minimum atomic E-state index is -0.184. The van der Waals surface area contributed by atoms with Gasteiger partial charge in [0.2, 0.25) is 0 Å². The Balaban J connectivity index is 2.75. The molecule has 0 aliphatic rings. The Labute approximate surface area is 106 Å². The van der Waals surface area contributed by atoms with Gasteiger partial charge in [0, 0.05) is 24.1 Å². The Bertz CT molecular complexity index is 315. The molecule has 0 atom stereocenters. The quantitative estimate of drug-likeness (QED) is 0.770. The minimum absolute atomic E-state index is 0.0443. The normalized spacial score (nSPS) is 12.1. The third-order valence-electron chi connectivity index (χ3n) is 2.64. The van der Waals surface area contributed by atoms with Crippen molar-refractivity contribution >= 4 is 15.9 Å². The molecular formula is C13H19BrO2. The average Bonchev–Trinajstić information content (AvgIpc) is 2.22. The second kappa shape index (κ2) is 5.80. The van der Waals surface area contributed by atoms with Crippen LogP contribution in [-0.2, 0) is 15.9 Å². The number of rotatable bonds is 5. The molecule has 1 aromatic carbocycles. The molecule has 0 heterocycles. The molecule has 0 amide bonds. The smallest absolute Gasteiger partial charge is 0.162 e. The van der Waals surface area contributed by atoms with Gasteiger partial charge in [-0.15, -0.1) is 0 Å². The molecule has 90 valence electrons. The van der Waals surface area contributed by atoms with Crippen molar-refractivity contribution in [2.75, 3.05) is 14.2 Å². The van der Waals surface area contributed by atoms with Crippen molar-refractivity contribution < 1.29 is 9.47 Å². The molecule has 1 aromatic rings. The first-order chi connectivity index (χ1) is 7.49. The highest BCUT2D eigenvalue weighted by Gasteiger charge is 2.29. The van der Waals surface area contributed by atoms with E-state index in [1.807, 2.05) is 0 Å². The first kappa shape index (κ1) is 13.7. The Kier molecular flexibility index (Phi) is 4.96. The number of benzene rings is 1. The molecule has 0 aromatic heterocycles. The first-order valence-corrected chi connectivity index (χ1v) is 6.09. The number of hydrogen-bond acceptors (Lipinski definition) is 2. The molecule has 0 saturated carbocycles. The third kappa shape index (κ3) is 3.58. The number of ether oxygens (including phenoxy) is 2. The van der Waals surface area contributed by atoms with Crippen LogP contribution in [0.4, 0.5) is 0 Å². The third-order valence-corrected chi connectivity index (χ3v) is 3.17. The summed E-state index contributed by atoms with van der Waals surface area (Å²) >= 11 is 3.43. The van der Waals surface area contributed by atoms with E-state index in [1.165, 1.54) is 5.56 Å². The fraction of sp³-hybridized carbons (Fsp3) is 0.538. The zero-order chi connectivity index (χ0) is 12.2. The monoisotopic (exact) mass is 286 g/mol. The minimum Gasteiger partial charge on any atom is -0.355 e. The van der Waals surface area contributed by atoms with E-state index >= 15 is 0 Å². The molecular weight excluding hydrogens is 268 g/mol. The van der Waals surface area contributed by atoms with Gasteiger partial charge in [-0.2, -0.15) is 0 Å². The SMILES string of the molecule is COC(OC)C(C)(C)Cc1ccc(Br)cc1. The van der Waals surface area contributed by atoms with Crippen LogP contribution in [0.5, 0.6) is 0 Å². The molecule has 0 spiro atoms. The molecule has 3 heteroatoms. The lowest BCUT2D eigenvalue weighted by Crippen LogP contribution is -2.34. The summed E-state index contributed by atoms with van der Waals surface area (Å²) in [7, 11) is 3.36. The van der Waals surface area contributed by atoms with Crippen molar-refractivity contribution in [3.8, 4) is 0 Å². The van der Waals surface area contributed by atoms with Gasteiger partial charge >= 0.3 is 0 Å². The van der Waals surface area contributed by atoms with E-state index in [4.69, 9.17) is 9.47 Å². The lowest BCUT2D eigenvalue weighted by atomic mass is 9.85. The molecule has 0 unspecified atom stereocenters. The van der Waals surface area contributed by atoms with Gasteiger partial charge in [0.25, 0.3) is 0 Å². The number of halogens is 1. The topological polar surface area (TPSA) is 18.5 Å². The van der Waals surface area contributed by atoms with Crippen LogP contribution in [0.2, 0.25) is 0 Å². The van der Waals surface area contributed by atoms with Crippen LogP contribution < -0.4 is 0 Å². The van der Waals surface area contributed by atoms with Crippen LogP contribution >= 0.6 is 15.9 Å². The van der Waals surface area contributed by atoms with Crippen LogP contribution in [0.15, 0.2) is 28.7 Å². The summed E-state index contributed by atoms with van der Waals surface area (Å²) < 4.78 is 11.8. The van der Waals surface area contributed by atoms with Crippen LogP contribution in [0, 0.1) is 5.41 Å². The number of methoxy groups -OCH3 is 2. The lowest BCUT2D eigenvalue weighted by Gasteiger charge is -2.32. The van der Waals surface area contributed by atoms with E-state index in [1.54, 1.807) is 14.2 Å². The van der Waals surface area contributed by atoms with Gasteiger partial charge in [-0.25, -0.2) is 0 Å². The van der Waals surface area contributed by atoms with Crippen LogP contribution in [0.1, 0.15) is 19.4 Å². The van der Waals surface area contributed by atoms with E-state index in [0.717, 1.165) is 10.9 Å². The predicted molar refractivity (Wildman–Crippen MR) is 69.4 cm³/mol.